The third-order valence-corrected chi connectivity index (χ3v) is 5.39. The smallest absolute Gasteiger partial charge is 0.114 e. The van der Waals surface area contributed by atoms with Crippen LogP contribution in [0.5, 0.6) is 0 Å². The summed E-state index contributed by atoms with van der Waals surface area (Å²) < 4.78 is 5.83. The molecule has 0 aromatic rings. The van der Waals surface area contributed by atoms with E-state index in [4.69, 9.17) is 4.74 Å². The van der Waals surface area contributed by atoms with Crippen molar-refractivity contribution in [3.05, 3.63) is 0 Å². The Balaban J connectivity index is 1.97. The number of likely N-dealkylation sites (N-methyl/N-ethyl adjacent to an activating group) is 1. The topological polar surface area (TPSA) is 39.5 Å². The molecule has 2 fully saturated rings. The van der Waals surface area contributed by atoms with Gasteiger partial charge in [-0.1, -0.05) is 13.8 Å². The van der Waals surface area contributed by atoms with Gasteiger partial charge < -0.3 is 9.64 Å². The highest BCUT2D eigenvalue weighted by molar-refractivity contribution is 5.14. The summed E-state index contributed by atoms with van der Waals surface area (Å²) >= 11 is 0. The van der Waals surface area contributed by atoms with Crippen LogP contribution in [0.4, 0.5) is 0 Å². The van der Waals surface area contributed by atoms with Crippen LogP contribution in [0, 0.1) is 17.2 Å². The third kappa shape index (κ3) is 4.01. The Kier molecular flexibility index (Phi) is 5.53. The molecule has 0 aromatic carbocycles. The fourth-order valence-electron chi connectivity index (χ4n) is 3.91. The Morgan fingerprint density at radius 3 is 2.73 bits per heavy atom. The zero-order valence-electron chi connectivity index (χ0n) is 15.1. The Morgan fingerprint density at radius 1 is 1.41 bits per heavy atom. The van der Waals surface area contributed by atoms with E-state index in [2.05, 4.69) is 50.6 Å². The minimum Gasteiger partial charge on any atom is -0.375 e. The summed E-state index contributed by atoms with van der Waals surface area (Å²) in [6, 6.07) is 3.24. The van der Waals surface area contributed by atoms with E-state index in [0.717, 1.165) is 38.4 Å². The number of nitrogens with zero attached hydrogens (tertiary/aromatic N) is 3. The third-order valence-electron chi connectivity index (χ3n) is 5.39. The summed E-state index contributed by atoms with van der Waals surface area (Å²) in [5.74, 6) is 0.752. The first-order valence-corrected chi connectivity index (χ1v) is 8.78. The zero-order valence-corrected chi connectivity index (χ0v) is 15.1. The molecule has 0 radical (unpaired) electrons. The van der Waals surface area contributed by atoms with E-state index in [1.165, 1.54) is 12.8 Å². The number of rotatable bonds is 5. The molecule has 2 unspecified atom stereocenters. The maximum Gasteiger partial charge on any atom is 0.114 e. The normalized spacial score (nSPS) is 32.5. The first kappa shape index (κ1) is 17.7. The van der Waals surface area contributed by atoms with Crippen molar-refractivity contribution in [2.75, 3.05) is 33.3 Å². The monoisotopic (exact) mass is 307 g/mol. The van der Waals surface area contributed by atoms with Crippen LogP contribution in [0.2, 0.25) is 0 Å². The minimum atomic E-state index is -0.324. The minimum absolute atomic E-state index is 0.185. The number of nitriles is 1. The van der Waals surface area contributed by atoms with Gasteiger partial charge in [-0.25, -0.2) is 0 Å². The predicted molar refractivity (Wildman–Crippen MR) is 89.7 cm³/mol. The van der Waals surface area contributed by atoms with Gasteiger partial charge in [0.1, 0.15) is 5.54 Å². The first-order chi connectivity index (χ1) is 10.3. The lowest BCUT2D eigenvalue weighted by Crippen LogP contribution is -2.55. The molecular formula is C18H33N3O. The molecule has 22 heavy (non-hydrogen) atoms. The molecule has 2 aliphatic heterocycles. The molecule has 0 aliphatic carbocycles. The predicted octanol–water partition coefficient (Wildman–Crippen LogP) is 2.89. The van der Waals surface area contributed by atoms with Crippen molar-refractivity contribution in [2.45, 2.75) is 70.6 Å². The lowest BCUT2D eigenvalue weighted by molar-refractivity contribution is -0.100. The number of ether oxygens (including phenoxy) is 1. The second-order valence-corrected chi connectivity index (χ2v) is 8.23. The number of hydrogen-bond acceptors (Lipinski definition) is 4. The quantitative estimate of drug-likeness (QED) is 0.783. The molecular weight excluding hydrogens is 274 g/mol. The van der Waals surface area contributed by atoms with E-state index in [9.17, 15) is 5.26 Å². The van der Waals surface area contributed by atoms with Crippen molar-refractivity contribution >= 4 is 0 Å². The van der Waals surface area contributed by atoms with E-state index in [1.54, 1.807) is 0 Å². The first-order valence-electron chi connectivity index (χ1n) is 8.78. The molecule has 2 heterocycles. The lowest BCUT2D eigenvalue weighted by atomic mass is 9.81. The van der Waals surface area contributed by atoms with E-state index in [0.29, 0.717) is 12.6 Å². The van der Waals surface area contributed by atoms with Gasteiger partial charge in [0.25, 0.3) is 0 Å². The van der Waals surface area contributed by atoms with Crippen LogP contribution in [-0.2, 0) is 4.74 Å². The van der Waals surface area contributed by atoms with Crippen molar-refractivity contribution in [3.63, 3.8) is 0 Å². The van der Waals surface area contributed by atoms with E-state index in [-0.39, 0.29) is 11.1 Å². The van der Waals surface area contributed by atoms with Gasteiger partial charge in [-0.15, -0.1) is 0 Å². The standard InChI is InChI=1S/C18H33N3O/c1-15(2)6-9-20(5)16-7-10-21(12-16)18(14-19)8-11-22-17(3,4)13-18/h15-16H,6-13H2,1-5H3. The van der Waals surface area contributed by atoms with Crippen molar-refractivity contribution in [1.82, 2.24) is 9.80 Å². The van der Waals surface area contributed by atoms with Crippen molar-refractivity contribution in [1.29, 1.82) is 5.26 Å². The van der Waals surface area contributed by atoms with E-state index in [1.807, 2.05) is 0 Å². The summed E-state index contributed by atoms with van der Waals surface area (Å²) in [6.45, 7) is 12.7. The Bertz CT molecular complexity index is 415. The van der Waals surface area contributed by atoms with Gasteiger partial charge >= 0.3 is 0 Å². The van der Waals surface area contributed by atoms with E-state index < -0.39 is 0 Å². The van der Waals surface area contributed by atoms with Gasteiger partial charge in [-0.3, -0.25) is 4.90 Å². The summed E-state index contributed by atoms with van der Waals surface area (Å²) in [7, 11) is 2.24. The van der Waals surface area contributed by atoms with Gasteiger partial charge in [0.15, 0.2) is 0 Å². The second kappa shape index (κ2) is 6.86. The van der Waals surface area contributed by atoms with Gasteiger partial charge in [0.2, 0.25) is 0 Å². The van der Waals surface area contributed by atoms with Crippen LogP contribution in [0.25, 0.3) is 0 Å². The van der Waals surface area contributed by atoms with Gasteiger partial charge in [0.05, 0.1) is 18.3 Å². The van der Waals surface area contributed by atoms with Crippen LogP contribution >= 0.6 is 0 Å². The van der Waals surface area contributed by atoms with Crippen LogP contribution in [0.1, 0.15) is 53.4 Å². The second-order valence-electron chi connectivity index (χ2n) is 8.23. The summed E-state index contributed by atoms with van der Waals surface area (Å²) in [6.07, 6.45) is 4.09. The van der Waals surface area contributed by atoms with Gasteiger partial charge in [0, 0.05) is 32.0 Å². The Labute approximate surface area is 136 Å². The highest BCUT2D eigenvalue weighted by Gasteiger charge is 2.47. The summed E-state index contributed by atoms with van der Waals surface area (Å²) in [5, 5.41) is 9.87. The molecule has 0 N–H and O–H groups in total. The summed E-state index contributed by atoms with van der Waals surface area (Å²) in [5.41, 5.74) is -0.509. The lowest BCUT2D eigenvalue weighted by Gasteiger charge is -2.45. The highest BCUT2D eigenvalue weighted by Crippen LogP contribution is 2.38. The van der Waals surface area contributed by atoms with Crippen molar-refractivity contribution in [2.24, 2.45) is 5.92 Å². The number of likely N-dealkylation sites (tertiary alicyclic amines) is 1. The molecule has 0 saturated carbocycles. The highest BCUT2D eigenvalue weighted by atomic mass is 16.5. The molecule has 2 rings (SSSR count). The Morgan fingerprint density at radius 2 is 2.14 bits per heavy atom. The summed E-state index contributed by atoms with van der Waals surface area (Å²) in [4.78, 5) is 4.93. The average molecular weight is 307 g/mol. The fraction of sp³-hybridized carbons (Fsp3) is 0.944. The van der Waals surface area contributed by atoms with Crippen molar-refractivity contribution < 1.29 is 4.74 Å². The largest absolute Gasteiger partial charge is 0.375 e. The molecule has 2 atom stereocenters. The van der Waals surface area contributed by atoms with Crippen molar-refractivity contribution in [3.8, 4) is 6.07 Å². The zero-order chi connectivity index (χ0) is 16.4. The molecule has 2 aliphatic rings. The SMILES string of the molecule is CC(C)CCN(C)C1CCN(C2(C#N)CCOC(C)(C)C2)C1. The van der Waals surface area contributed by atoms with Gasteiger partial charge in [-0.2, -0.15) is 5.26 Å². The maximum atomic E-state index is 9.87. The van der Waals surface area contributed by atoms with Gasteiger partial charge in [-0.05, 0) is 46.2 Å². The molecule has 2 saturated heterocycles. The van der Waals surface area contributed by atoms with Crippen LogP contribution in [0.15, 0.2) is 0 Å². The molecule has 0 aromatic heterocycles. The molecule has 0 amide bonds. The van der Waals surface area contributed by atoms with Crippen LogP contribution < -0.4 is 0 Å². The van der Waals surface area contributed by atoms with Crippen LogP contribution in [0.3, 0.4) is 0 Å². The Hall–Kier alpha value is -0.630. The molecule has 0 spiro atoms. The number of hydrogen-bond donors (Lipinski definition) is 0. The fourth-order valence-corrected chi connectivity index (χ4v) is 3.91. The average Bonchev–Trinajstić information content (AvgIpc) is 2.93. The molecule has 4 nitrogen and oxygen atoms in total. The van der Waals surface area contributed by atoms with Crippen LogP contribution in [-0.4, -0.2) is 60.3 Å². The molecule has 126 valence electrons. The van der Waals surface area contributed by atoms with E-state index >= 15 is 0 Å². The molecule has 0 bridgehead atoms. The molecule has 4 heteroatoms. The maximum absolute atomic E-state index is 9.87.